The summed E-state index contributed by atoms with van der Waals surface area (Å²) in [6.45, 7) is 4.36. The van der Waals surface area contributed by atoms with Gasteiger partial charge in [0.1, 0.15) is 0 Å². The van der Waals surface area contributed by atoms with Crippen molar-refractivity contribution in [3.8, 4) is 0 Å². The minimum absolute atomic E-state index is 0.0136. The van der Waals surface area contributed by atoms with Gasteiger partial charge in [0.25, 0.3) is 0 Å². The number of carbonyl (C=O) groups excluding carboxylic acids is 1. The Morgan fingerprint density at radius 3 is 2.94 bits per heavy atom. The summed E-state index contributed by atoms with van der Waals surface area (Å²) in [6.07, 6.45) is 0.966. The minimum atomic E-state index is 0.0136. The van der Waals surface area contributed by atoms with Gasteiger partial charge in [0.05, 0.1) is 6.54 Å². The third-order valence-electron chi connectivity index (χ3n) is 3.28. The Hall–Kier alpha value is -1.39. The average Bonchev–Trinajstić information content (AvgIpc) is 2.33. The SMILES string of the molecule is CCc1cccc(NC(=O)CN2CC(CO)C2)c1. The lowest BCUT2D eigenvalue weighted by atomic mass is 10.0. The third-order valence-corrected chi connectivity index (χ3v) is 3.28. The van der Waals surface area contributed by atoms with Crippen molar-refractivity contribution < 1.29 is 9.90 Å². The molecule has 2 N–H and O–H groups in total. The molecule has 1 fully saturated rings. The molecule has 4 heteroatoms. The first-order valence-corrected chi connectivity index (χ1v) is 6.43. The number of aryl methyl sites for hydroxylation is 1. The van der Waals surface area contributed by atoms with E-state index in [-0.39, 0.29) is 12.5 Å². The molecule has 1 aliphatic heterocycles. The molecule has 1 aromatic carbocycles. The Bertz CT molecular complexity index is 414. The Balaban J connectivity index is 1.80. The Morgan fingerprint density at radius 1 is 1.50 bits per heavy atom. The molecule has 1 aromatic rings. The summed E-state index contributed by atoms with van der Waals surface area (Å²) in [4.78, 5) is 13.8. The zero-order valence-electron chi connectivity index (χ0n) is 10.7. The number of likely N-dealkylation sites (tertiary alicyclic amines) is 1. The number of aliphatic hydroxyl groups is 1. The highest BCUT2D eigenvalue weighted by Gasteiger charge is 2.27. The highest BCUT2D eigenvalue weighted by atomic mass is 16.3. The molecule has 4 nitrogen and oxygen atoms in total. The summed E-state index contributed by atoms with van der Waals surface area (Å²) in [6, 6.07) is 7.92. The first-order valence-electron chi connectivity index (χ1n) is 6.43. The molecule has 0 atom stereocenters. The quantitative estimate of drug-likeness (QED) is 0.821. The molecule has 0 saturated carbocycles. The summed E-state index contributed by atoms with van der Waals surface area (Å²) >= 11 is 0. The molecular weight excluding hydrogens is 228 g/mol. The average molecular weight is 248 g/mol. The van der Waals surface area contributed by atoms with E-state index in [9.17, 15) is 4.79 Å². The lowest BCUT2D eigenvalue weighted by Crippen LogP contribution is -2.51. The summed E-state index contributed by atoms with van der Waals surface area (Å²) in [5.41, 5.74) is 2.08. The van der Waals surface area contributed by atoms with Crippen LogP contribution in [0.2, 0.25) is 0 Å². The number of amides is 1. The fourth-order valence-electron chi connectivity index (χ4n) is 2.19. The van der Waals surface area contributed by atoms with E-state index < -0.39 is 0 Å². The van der Waals surface area contributed by atoms with Crippen LogP contribution < -0.4 is 5.32 Å². The van der Waals surface area contributed by atoms with Crippen LogP contribution in [0.3, 0.4) is 0 Å². The van der Waals surface area contributed by atoms with E-state index in [1.807, 2.05) is 23.1 Å². The molecule has 0 bridgehead atoms. The van der Waals surface area contributed by atoms with Gasteiger partial charge in [-0.3, -0.25) is 9.69 Å². The van der Waals surface area contributed by atoms with Crippen molar-refractivity contribution >= 4 is 11.6 Å². The summed E-state index contributed by atoms with van der Waals surface area (Å²) in [5.74, 6) is 0.362. The molecule has 2 rings (SSSR count). The van der Waals surface area contributed by atoms with Crippen molar-refractivity contribution in [2.75, 3.05) is 31.6 Å². The van der Waals surface area contributed by atoms with Crippen LogP contribution in [-0.2, 0) is 11.2 Å². The monoisotopic (exact) mass is 248 g/mol. The van der Waals surface area contributed by atoms with Crippen LogP contribution in [0.4, 0.5) is 5.69 Å². The fraction of sp³-hybridized carbons (Fsp3) is 0.500. The maximum absolute atomic E-state index is 11.8. The van der Waals surface area contributed by atoms with Gasteiger partial charge < -0.3 is 10.4 Å². The molecule has 0 radical (unpaired) electrons. The van der Waals surface area contributed by atoms with E-state index in [1.165, 1.54) is 5.56 Å². The van der Waals surface area contributed by atoms with Gasteiger partial charge in [-0.05, 0) is 24.1 Å². The smallest absolute Gasteiger partial charge is 0.238 e. The molecular formula is C14H20N2O2. The lowest BCUT2D eigenvalue weighted by molar-refractivity contribution is -0.119. The number of nitrogens with zero attached hydrogens (tertiary/aromatic N) is 1. The van der Waals surface area contributed by atoms with E-state index >= 15 is 0 Å². The van der Waals surface area contributed by atoms with Crippen molar-refractivity contribution in [2.24, 2.45) is 5.92 Å². The molecule has 0 unspecified atom stereocenters. The summed E-state index contributed by atoms with van der Waals surface area (Å²) in [5, 5.41) is 11.8. The van der Waals surface area contributed by atoms with E-state index in [2.05, 4.69) is 18.3 Å². The van der Waals surface area contributed by atoms with Gasteiger partial charge >= 0.3 is 0 Å². The van der Waals surface area contributed by atoms with Crippen molar-refractivity contribution in [3.05, 3.63) is 29.8 Å². The van der Waals surface area contributed by atoms with E-state index in [0.717, 1.165) is 25.2 Å². The number of benzene rings is 1. The standard InChI is InChI=1S/C14H20N2O2/c1-2-11-4-3-5-13(6-11)15-14(18)9-16-7-12(8-16)10-17/h3-6,12,17H,2,7-10H2,1H3,(H,15,18). The van der Waals surface area contributed by atoms with Crippen molar-refractivity contribution in [3.63, 3.8) is 0 Å². The van der Waals surface area contributed by atoms with E-state index in [1.54, 1.807) is 0 Å². The largest absolute Gasteiger partial charge is 0.396 e. The second-order valence-electron chi connectivity index (χ2n) is 4.84. The Kier molecular flexibility index (Phi) is 4.33. The van der Waals surface area contributed by atoms with E-state index in [4.69, 9.17) is 5.11 Å². The normalized spacial score (nSPS) is 16.3. The first kappa shape index (κ1) is 13.1. The molecule has 18 heavy (non-hydrogen) atoms. The Morgan fingerprint density at radius 2 is 2.28 bits per heavy atom. The number of hydrogen-bond donors (Lipinski definition) is 2. The highest BCUT2D eigenvalue weighted by molar-refractivity contribution is 5.92. The molecule has 1 saturated heterocycles. The molecule has 0 spiro atoms. The summed E-state index contributed by atoms with van der Waals surface area (Å²) < 4.78 is 0. The molecule has 1 aliphatic rings. The predicted octanol–water partition coefficient (Wildman–Crippen LogP) is 1.11. The Labute approximate surface area is 108 Å². The number of nitrogens with one attached hydrogen (secondary N) is 1. The second-order valence-corrected chi connectivity index (χ2v) is 4.84. The van der Waals surface area contributed by atoms with Crippen LogP contribution in [-0.4, -0.2) is 42.2 Å². The van der Waals surface area contributed by atoms with Gasteiger partial charge in [-0.15, -0.1) is 0 Å². The van der Waals surface area contributed by atoms with Gasteiger partial charge in [-0.25, -0.2) is 0 Å². The number of aliphatic hydroxyl groups excluding tert-OH is 1. The maximum atomic E-state index is 11.8. The molecule has 0 aromatic heterocycles. The van der Waals surface area contributed by atoms with Gasteiger partial charge in [0.15, 0.2) is 0 Å². The van der Waals surface area contributed by atoms with Crippen LogP contribution in [0.25, 0.3) is 0 Å². The molecule has 98 valence electrons. The van der Waals surface area contributed by atoms with Crippen LogP contribution in [0.1, 0.15) is 12.5 Å². The van der Waals surface area contributed by atoms with Crippen LogP contribution >= 0.6 is 0 Å². The van der Waals surface area contributed by atoms with Crippen LogP contribution in [0.5, 0.6) is 0 Å². The summed E-state index contributed by atoms with van der Waals surface area (Å²) in [7, 11) is 0. The van der Waals surface area contributed by atoms with Crippen molar-refractivity contribution in [2.45, 2.75) is 13.3 Å². The van der Waals surface area contributed by atoms with Gasteiger partial charge in [-0.1, -0.05) is 19.1 Å². The minimum Gasteiger partial charge on any atom is -0.396 e. The topological polar surface area (TPSA) is 52.6 Å². The zero-order chi connectivity index (χ0) is 13.0. The molecule has 1 heterocycles. The van der Waals surface area contributed by atoms with E-state index in [0.29, 0.717) is 12.5 Å². The third kappa shape index (κ3) is 3.31. The fourth-order valence-corrected chi connectivity index (χ4v) is 2.19. The molecule has 1 amide bonds. The second kappa shape index (κ2) is 5.98. The zero-order valence-corrected chi connectivity index (χ0v) is 10.7. The van der Waals surface area contributed by atoms with Gasteiger partial charge in [0.2, 0.25) is 5.91 Å². The van der Waals surface area contributed by atoms with Crippen LogP contribution in [0, 0.1) is 5.92 Å². The van der Waals surface area contributed by atoms with Gasteiger partial charge in [-0.2, -0.15) is 0 Å². The number of hydrogen-bond acceptors (Lipinski definition) is 3. The first-order chi connectivity index (χ1) is 8.71. The van der Waals surface area contributed by atoms with Crippen molar-refractivity contribution in [1.82, 2.24) is 4.90 Å². The lowest BCUT2D eigenvalue weighted by Gasteiger charge is -2.37. The number of carbonyl (C=O) groups is 1. The predicted molar refractivity (Wildman–Crippen MR) is 71.5 cm³/mol. The van der Waals surface area contributed by atoms with Crippen molar-refractivity contribution in [1.29, 1.82) is 0 Å². The number of anilines is 1. The maximum Gasteiger partial charge on any atom is 0.238 e. The van der Waals surface area contributed by atoms with Gasteiger partial charge in [0, 0.05) is 31.3 Å². The molecule has 0 aliphatic carbocycles. The number of rotatable bonds is 5. The highest BCUT2D eigenvalue weighted by Crippen LogP contribution is 2.15. The van der Waals surface area contributed by atoms with Crippen LogP contribution in [0.15, 0.2) is 24.3 Å².